The summed E-state index contributed by atoms with van der Waals surface area (Å²) < 4.78 is 0. The second-order valence-electron chi connectivity index (χ2n) is 4.25. The lowest BCUT2D eigenvalue weighted by atomic mass is 10.1. The minimum absolute atomic E-state index is 0.156. The van der Waals surface area contributed by atoms with Gasteiger partial charge in [-0.15, -0.1) is 0 Å². The molecule has 4 heteroatoms. The van der Waals surface area contributed by atoms with Gasteiger partial charge in [-0.1, -0.05) is 13.8 Å². The highest BCUT2D eigenvalue weighted by Gasteiger charge is 2.30. The second kappa shape index (κ2) is 5.16. The van der Waals surface area contributed by atoms with Crippen LogP contribution in [0.15, 0.2) is 11.8 Å². The molecule has 0 spiro atoms. The minimum atomic E-state index is -0.156. The van der Waals surface area contributed by atoms with Gasteiger partial charge in [0.2, 0.25) is 0 Å². The van der Waals surface area contributed by atoms with E-state index in [9.17, 15) is 0 Å². The zero-order chi connectivity index (χ0) is 11.4. The molecule has 1 saturated heterocycles. The maximum Gasteiger partial charge on any atom is 0.127 e. The fraction of sp³-hybridized carbons (Fsp3) is 0.727. The van der Waals surface area contributed by atoms with Gasteiger partial charge in [0.05, 0.1) is 6.61 Å². The van der Waals surface area contributed by atoms with E-state index < -0.39 is 0 Å². The highest BCUT2D eigenvalue weighted by atomic mass is 16.3. The van der Waals surface area contributed by atoms with Crippen molar-refractivity contribution in [3.8, 4) is 0 Å². The number of hydrogen-bond donors (Lipinski definition) is 3. The van der Waals surface area contributed by atoms with Gasteiger partial charge < -0.3 is 15.7 Å². The molecular formula is C11H21N3O. The average Bonchev–Trinajstić information content (AvgIpc) is 2.61. The second-order valence-corrected chi connectivity index (χ2v) is 4.25. The van der Waals surface area contributed by atoms with Crippen LogP contribution < -0.4 is 5.73 Å². The maximum absolute atomic E-state index is 9.07. The van der Waals surface area contributed by atoms with E-state index in [1.165, 1.54) is 6.20 Å². The summed E-state index contributed by atoms with van der Waals surface area (Å²) in [6, 6.07) is 0.425. The first-order valence-electron chi connectivity index (χ1n) is 5.51. The molecule has 15 heavy (non-hydrogen) atoms. The normalized spacial score (nSPS) is 27.1. The third-order valence-electron chi connectivity index (χ3n) is 3.06. The van der Waals surface area contributed by atoms with Crippen molar-refractivity contribution < 1.29 is 5.11 Å². The van der Waals surface area contributed by atoms with Crippen LogP contribution in [0.5, 0.6) is 0 Å². The summed E-state index contributed by atoms with van der Waals surface area (Å²) in [6.07, 6.45) is 3.50. The van der Waals surface area contributed by atoms with Crippen molar-refractivity contribution in [1.82, 2.24) is 4.90 Å². The molecule has 0 unspecified atom stereocenters. The van der Waals surface area contributed by atoms with Crippen LogP contribution in [-0.2, 0) is 0 Å². The van der Waals surface area contributed by atoms with Gasteiger partial charge in [-0.25, -0.2) is 0 Å². The van der Waals surface area contributed by atoms with E-state index in [2.05, 4.69) is 18.7 Å². The number of likely N-dealkylation sites (tertiary alicyclic amines) is 1. The minimum Gasteiger partial charge on any atom is -0.404 e. The highest BCUT2D eigenvalue weighted by molar-refractivity contribution is 5.96. The SMILES string of the molecule is CC[C@@H]1C[C@H](C)CN1C(=N)C(=CN)CO. The van der Waals surface area contributed by atoms with Crippen LogP contribution in [0, 0.1) is 11.3 Å². The smallest absolute Gasteiger partial charge is 0.127 e. The summed E-state index contributed by atoms with van der Waals surface area (Å²) in [6.45, 7) is 5.07. The predicted octanol–water partition coefficient (Wildman–Crippen LogP) is 0.919. The van der Waals surface area contributed by atoms with E-state index in [1.54, 1.807) is 0 Å². The zero-order valence-corrected chi connectivity index (χ0v) is 9.53. The predicted molar refractivity (Wildman–Crippen MR) is 61.6 cm³/mol. The Hall–Kier alpha value is -1.03. The quantitative estimate of drug-likeness (QED) is 0.480. The largest absolute Gasteiger partial charge is 0.404 e. The number of nitrogens with zero attached hydrogens (tertiary/aromatic N) is 1. The van der Waals surface area contributed by atoms with E-state index in [0.717, 1.165) is 19.4 Å². The van der Waals surface area contributed by atoms with Crippen LogP contribution in [0.1, 0.15) is 26.7 Å². The lowest BCUT2D eigenvalue weighted by molar-refractivity contribution is 0.325. The van der Waals surface area contributed by atoms with Crippen molar-refractivity contribution in [3.05, 3.63) is 11.8 Å². The molecule has 0 amide bonds. The van der Waals surface area contributed by atoms with Gasteiger partial charge in [0.15, 0.2) is 0 Å². The van der Waals surface area contributed by atoms with Crippen molar-refractivity contribution in [1.29, 1.82) is 5.41 Å². The fourth-order valence-corrected chi connectivity index (χ4v) is 2.20. The van der Waals surface area contributed by atoms with Gasteiger partial charge in [-0.2, -0.15) is 0 Å². The fourth-order valence-electron chi connectivity index (χ4n) is 2.20. The van der Waals surface area contributed by atoms with E-state index in [1.807, 2.05) is 0 Å². The van der Waals surface area contributed by atoms with Gasteiger partial charge >= 0.3 is 0 Å². The zero-order valence-electron chi connectivity index (χ0n) is 9.53. The Labute approximate surface area is 91.3 Å². The molecule has 1 fully saturated rings. The van der Waals surface area contributed by atoms with Gasteiger partial charge in [0, 0.05) is 24.4 Å². The van der Waals surface area contributed by atoms with E-state index >= 15 is 0 Å². The molecule has 0 aromatic rings. The van der Waals surface area contributed by atoms with Crippen LogP contribution in [-0.4, -0.2) is 35.0 Å². The molecule has 0 aliphatic carbocycles. The molecule has 0 radical (unpaired) electrons. The first-order valence-corrected chi connectivity index (χ1v) is 5.51. The van der Waals surface area contributed by atoms with Gasteiger partial charge in [-0.05, 0) is 18.8 Å². The molecule has 1 heterocycles. The standard InChI is InChI=1S/C11H21N3O/c1-3-10-4-8(2)6-14(10)11(13)9(5-12)7-15/h5,8,10,13,15H,3-4,6-7,12H2,1-2H3/t8-,10+/m0/s1. The van der Waals surface area contributed by atoms with Crippen LogP contribution >= 0.6 is 0 Å². The molecule has 0 saturated carbocycles. The lowest BCUT2D eigenvalue weighted by Crippen LogP contribution is -2.36. The van der Waals surface area contributed by atoms with E-state index in [-0.39, 0.29) is 6.61 Å². The Morgan fingerprint density at radius 1 is 1.67 bits per heavy atom. The summed E-state index contributed by atoms with van der Waals surface area (Å²) in [5.41, 5.74) is 5.90. The van der Waals surface area contributed by atoms with Crippen molar-refractivity contribution in [2.24, 2.45) is 11.7 Å². The molecule has 4 nitrogen and oxygen atoms in total. The van der Waals surface area contributed by atoms with Crippen LogP contribution in [0.25, 0.3) is 0 Å². The summed E-state index contributed by atoms with van der Waals surface area (Å²) in [7, 11) is 0. The molecule has 0 aromatic heterocycles. The first-order chi connectivity index (χ1) is 7.13. The number of hydrogen-bond acceptors (Lipinski definition) is 3. The molecule has 4 N–H and O–H groups in total. The van der Waals surface area contributed by atoms with Crippen LogP contribution in [0.4, 0.5) is 0 Å². The highest BCUT2D eigenvalue weighted by Crippen LogP contribution is 2.26. The summed E-state index contributed by atoms with van der Waals surface area (Å²) in [5.74, 6) is 1.00. The Morgan fingerprint density at radius 2 is 2.33 bits per heavy atom. The van der Waals surface area contributed by atoms with E-state index in [4.69, 9.17) is 16.2 Å². The third-order valence-corrected chi connectivity index (χ3v) is 3.06. The summed E-state index contributed by atoms with van der Waals surface area (Å²) in [4.78, 5) is 2.06. The Kier molecular flexibility index (Phi) is 4.15. The lowest BCUT2D eigenvalue weighted by Gasteiger charge is -2.26. The monoisotopic (exact) mass is 211 g/mol. The summed E-state index contributed by atoms with van der Waals surface area (Å²) >= 11 is 0. The number of nitrogens with one attached hydrogen (secondary N) is 1. The van der Waals surface area contributed by atoms with Crippen molar-refractivity contribution in [2.75, 3.05) is 13.2 Å². The molecule has 1 aliphatic rings. The van der Waals surface area contributed by atoms with E-state index in [0.29, 0.717) is 23.4 Å². The van der Waals surface area contributed by atoms with Gasteiger partial charge in [-0.3, -0.25) is 5.41 Å². The Bertz CT molecular complexity index is 263. The molecule has 0 bridgehead atoms. The molecule has 2 atom stereocenters. The topological polar surface area (TPSA) is 73.3 Å². The Balaban J connectivity index is 2.74. The van der Waals surface area contributed by atoms with Crippen molar-refractivity contribution in [2.45, 2.75) is 32.7 Å². The van der Waals surface area contributed by atoms with Gasteiger partial charge in [0.25, 0.3) is 0 Å². The average molecular weight is 211 g/mol. The molecule has 1 rings (SSSR count). The van der Waals surface area contributed by atoms with Crippen molar-refractivity contribution >= 4 is 5.84 Å². The molecule has 1 aliphatic heterocycles. The van der Waals surface area contributed by atoms with Crippen LogP contribution in [0.2, 0.25) is 0 Å². The number of rotatable bonds is 3. The number of aliphatic hydroxyl groups excluding tert-OH is 1. The third kappa shape index (κ3) is 2.50. The number of aliphatic hydroxyl groups is 1. The Morgan fingerprint density at radius 3 is 2.80 bits per heavy atom. The van der Waals surface area contributed by atoms with Crippen LogP contribution in [0.3, 0.4) is 0 Å². The molecular weight excluding hydrogens is 190 g/mol. The van der Waals surface area contributed by atoms with Gasteiger partial charge in [0.1, 0.15) is 5.84 Å². The first kappa shape index (κ1) is 12.0. The summed E-state index contributed by atoms with van der Waals surface area (Å²) in [5, 5.41) is 17.1. The number of amidine groups is 1. The molecule has 0 aromatic carbocycles. The van der Waals surface area contributed by atoms with Crippen molar-refractivity contribution in [3.63, 3.8) is 0 Å². The maximum atomic E-state index is 9.07. The molecule has 86 valence electrons. The number of nitrogens with two attached hydrogens (primary N) is 1.